The van der Waals surface area contributed by atoms with Crippen LogP contribution in [-0.4, -0.2) is 30.6 Å². The van der Waals surface area contributed by atoms with Crippen LogP contribution in [0.4, 0.5) is 11.5 Å². The third-order valence-electron chi connectivity index (χ3n) is 5.62. The third-order valence-corrected chi connectivity index (χ3v) is 5.62. The minimum Gasteiger partial charge on any atom is -0.481 e. The van der Waals surface area contributed by atoms with Crippen LogP contribution in [-0.2, 0) is 4.79 Å². The van der Waals surface area contributed by atoms with Crippen molar-refractivity contribution in [3.8, 4) is 5.75 Å². The number of amides is 1. The lowest BCUT2D eigenvalue weighted by molar-refractivity contribution is -0.118. The average molecular weight is 404 g/mol. The zero-order chi connectivity index (χ0) is 20.9. The summed E-state index contributed by atoms with van der Waals surface area (Å²) in [4.78, 5) is 19.7. The summed E-state index contributed by atoms with van der Waals surface area (Å²) in [6.45, 7) is 6.02. The van der Waals surface area contributed by atoms with Crippen molar-refractivity contribution in [2.24, 2.45) is 0 Å². The molecule has 1 N–H and O–H groups in total. The SMILES string of the molecule is Cc1ccc(C)c(NC(=O)COc2cccc3ccc(N4CCCCCC4)nc23)c1. The van der Waals surface area contributed by atoms with Gasteiger partial charge in [0.05, 0.1) is 0 Å². The molecule has 5 nitrogen and oxygen atoms in total. The van der Waals surface area contributed by atoms with Crippen LogP contribution in [0, 0.1) is 13.8 Å². The van der Waals surface area contributed by atoms with Gasteiger partial charge < -0.3 is 15.0 Å². The molecule has 1 aromatic heterocycles. The largest absolute Gasteiger partial charge is 0.481 e. The Labute approximate surface area is 178 Å². The Balaban J connectivity index is 1.49. The number of para-hydroxylation sites is 1. The quantitative estimate of drug-likeness (QED) is 0.632. The van der Waals surface area contributed by atoms with Gasteiger partial charge in [-0.15, -0.1) is 0 Å². The third kappa shape index (κ3) is 4.73. The van der Waals surface area contributed by atoms with E-state index in [-0.39, 0.29) is 12.5 Å². The fourth-order valence-electron chi connectivity index (χ4n) is 3.90. The Kier molecular flexibility index (Phi) is 6.17. The Hall–Kier alpha value is -3.08. The molecular formula is C25H29N3O2. The van der Waals surface area contributed by atoms with Crippen molar-refractivity contribution in [1.82, 2.24) is 4.98 Å². The number of carbonyl (C=O) groups is 1. The number of aromatic nitrogens is 1. The standard InChI is InChI=1S/C25H29N3O2/c1-18-10-11-19(2)21(16-18)26-24(29)17-30-22-9-7-8-20-12-13-23(27-25(20)22)28-14-5-3-4-6-15-28/h7-13,16H,3-6,14-15,17H2,1-2H3,(H,26,29). The van der Waals surface area contributed by atoms with Crippen molar-refractivity contribution < 1.29 is 9.53 Å². The second kappa shape index (κ2) is 9.16. The summed E-state index contributed by atoms with van der Waals surface area (Å²) in [5.74, 6) is 1.45. The monoisotopic (exact) mass is 403 g/mol. The maximum Gasteiger partial charge on any atom is 0.262 e. The summed E-state index contributed by atoms with van der Waals surface area (Å²) < 4.78 is 5.90. The van der Waals surface area contributed by atoms with Gasteiger partial charge in [0.2, 0.25) is 0 Å². The fourth-order valence-corrected chi connectivity index (χ4v) is 3.90. The molecule has 0 radical (unpaired) electrons. The van der Waals surface area contributed by atoms with Crippen LogP contribution in [0.25, 0.3) is 10.9 Å². The number of ether oxygens (including phenoxy) is 1. The van der Waals surface area contributed by atoms with Gasteiger partial charge >= 0.3 is 0 Å². The maximum atomic E-state index is 12.5. The molecule has 156 valence electrons. The van der Waals surface area contributed by atoms with Gasteiger partial charge in [0.25, 0.3) is 5.91 Å². The molecule has 0 bridgehead atoms. The molecule has 5 heteroatoms. The highest BCUT2D eigenvalue weighted by Crippen LogP contribution is 2.27. The van der Waals surface area contributed by atoms with Crippen LogP contribution in [0.1, 0.15) is 36.8 Å². The molecule has 0 atom stereocenters. The van der Waals surface area contributed by atoms with Crippen LogP contribution in [0.3, 0.4) is 0 Å². The van der Waals surface area contributed by atoms with Crippen molar-refractivity contribution in [1.29, 1.82) is 0 Å². The van der Waals surface area contributed by atoms with Crippen molar-refractivity contribution in [3.63, 3.8) is 0 Å². The number of hydrogen-bond donors (Lipinski definition) is 1. The first-order chi connectivity index (χ1) is 14.6. The number of carbonyl (C=O) groups excluding carboxylic acids is 1. The molecule has 0 saturated carbocycles. The van der Waals surface area contributed by atoms with Crippen molar-refractivity contribution in [3.05, 3.63) is 59.7 Å². The number of rotatable bonds is 5. The minimum absolute atomic E-state index is 0.0535. The fraction of sp³-hybridized carbons (Fsp3) is 0.360. The van der Waals surface area contributed by atoms with Crippen LogP contribution < -0.4 is 15.0 Å². The molecule has 0 spiro atoms. The van der Waals surface area contributed by atoms with Crippen molar-refractivity contribution in [2.45, 2.75) is 39.5 Å². The first-order valence-electron chi connectivity index (χ1n) is 10.7. The lowest BCUT2D eigenvalue weighted by Crippen LogP contribution is -2.24. The zero-order valence-electron chi connectivity index (χ0n) is 17.8. The number of hydrogen-bond acceptors (Lipinski definition) is 4. The highest BCUT2D eigenvalue weighted by atomic mass is 16.5. The van der Waals surface area contributed by atoms with E-state index in [0.29, 0.717) is 5.75 Å². The van der Waals surface area contributed by atoms with Crippen molar-refractivity contribution in [2.75, 3.05) is 29.9 Å². The molecule has 1 saturated heterocycles. The van der Waals surface area contributed by atoms with E-state index in [0.717, 1.165) is 46.6 Å². The summed E-state index contributed by atoms with van der Waals surface area (Å²) in [7, 11) is 0. The summed E-state index contributed by atoms with van der Waals surface area (Å²) in [6.07, 6.45) is 4.98. The van der Waals surface area contributed by atoms with Gasteiger partial charge in [-0.05, 0) is 62.1 Å². The minimum atomic E-state index is -0.177. The lowest BCUT2D eigenvalue weighted by Gasteiger charge is -2.22. The van der Waals surface area contributed by atoms with Gasteiger partial charge in [-0.2, -0.15) is 0 Å². The van der Waals surface area contributed by atoms with Gasteiger partial charge in [-0.25, -0.2) is 4.98 Å². The summed E-state index contributed by atoms with van der Waals surface area (Å²) in [5.41, 5.74) is 3.76. The molecule has 3 aromatic rings. The van der Waals surface area contributed by atoms with Crippen LogP contribution in [0.5, 0.6) is 5.75 Å². The maximum absolute atomic E-state index is 12.5. The van der Waals surface area contributed by atoms with E-state index in [1.54, 1.807) is 0 Å². The van der Waals surface area contributed by atoms with E-state index in [9.17, 15) is 4.79 Å². The predicted molar refractivity (Wildman–Crippen MR) is 122 cm³/mol. The van der Waals surface area contributed by atoms with Gasteiger partial charge in [0, 0.05) is 24.2 Å². The summed E-state index contributed by atoms with van der Waals surface area (Å²) in [5, 5.41) is 3.96. The van der Waals surface area contributed by atoms with E-state index in [1.165, 1.54) is 25.7 Å². The predicted octanol–water partition coefficient (Wildman–Crippen LogP) is 5.25. The molecule has 1 aliphatic heterocycles. The topological polar surface area (TPSA) is 54.5 Å². The lowest BCUT2D eigenvalue weighted by atomic mass is 10.1. The van der Waals surface area contributed by atoms with Gasteiger partial charge in [0.1, 0.15) is 17.1 Å². The van der Waals surface area contributed by atoms with E-state index < -0.39 is 0 Å². The van der Waals surface area contributed by atoms with E-state index in [2.05, 4.69) is 22.3 Å². The number of benzene rings is 2. The summed E-state index contributed by atoms with van der Waals surface area (Å²) in [6, 6.07) is 16.0. The van der Waals surface area contributed by atoms with Crippen LogP contribution >= 0.6 is 0 Å². The van der Waals surface area contributed by atoms with E-state index in [4.69, 9.17) is 9.72 Å². The number of pyridine rings is 1. The van der Waals surface area contributed by atoms with Gasteiger partial charge in [-0.3, -0.25) is 4.79 Å². The second-order valence-electron chi connectivity index (χ2n) is 8.05. The number of nitrogens with zero attached hydrogens (tertiary/aromatic N) is 2. The van der Waals surface area contributed by atoms with E-state index in [1.807, 2.05) is 50.2 Å². The number of nitrogens with one attached hydrogen (secondary N) is 1. The van der Waals surface area contributed by atoms with Gasteiger partial charge in [-0.1, -0.05) is 37.1 Å². The highest BCUT2D eigenvalue weighted by Gasteiger charge is 2.14. The molecule has 2 heterocycles. The van der Waals surface area contributed by atoms with E-state index >= 15 is 0 Å². The zero-order valence-corrected chi connectivity index (χ0v) is 17.8. The first-order valence-corrected chi connectivity index (χ1v) is 10.7. The molecular weight excluding hydrogens is 374 g/mol. The molecule has 30 heavy (non-hydrogen) atoms. The van der Waals surface area contributed by atoms with Crippen LogP contribution in [0.15, 0.2) is 48.5 Å². The molecule has 1 aliphatic rings. The Morgan fingerprint density at radius 1 is 1.03 bits per heavy atom. The normalized spacial score (nSPS) is 14.4. The summed E-state index contributed by atoms with van der Waals surface area (Å²) >= 11 is 0. The highest BCUT2D eigenvalue weighted by molar-refractivity contribution is 5.93. The van der Waals surface area contributed by atoms with Crippen LogP contribution in [0.2, 0.25) is 0 Å². The first kappa shape index (κ1) is 20.2. The van der Waals surface area contributed by atoms with Crippen molar-refractivity contribution >= 4 is 28.3 Å². The molecule has 0 aliphatic carbocycles. The molecule has 1 fully saturated rings. The molecule has 2 aromatic carbocycles. The molecule has 4 rings (SSSR count). The Bertz CT molecular complexity index is 1040. The second-order valence-corrected chi connectivity index (χ2v) is 8.05. The number of anilines is 2. The average Bonchev–Trinajstić information content (AvgIpc) is 3.04. The Morgan fingerprint density at radius 3 is 2.63 bits per heavy atom. The number of fused-ring (bicyclic) bond motifs is 1. The smallest absolute Gasteiger partial charge is 0.262 e. The molecule has 1 amide bonds. The molecule has 0 unspecified atom stereocenters. The number of aryl methyl sites for hydroxylation is 2. The van der Waals surface area contributed by atoms with Gasteiger partial charge in [0.15, 0.2) is 6.61 Å². The Morgan fingerprint density at radius 2 is 1.83 bits per heavy atom.